The molecule has 6 nitrogen and oxygen atoms in total. The largest absolute Gasteiger partial charge is 0.387 e. The number of aromatic nitrogens is 4. The molecule has 0 saturated carbocycles. The molecule has 7 heteroatoms. The molecule has 0 saturated heterocycles. The Kier molecular flexibility index (Phi) is 3.24. The highest BCUT2D eigenvalue weighted by Crippen LogP contribution is 2.15. The normalized spacial score (nSPS) is 12.8. The molecule has 13 heavy (non-hydrogen) atoms. The number of tetrazole rings is 1. The molecule has 1 rings (SSSR count). The average molecular weight is 200 g/mol. The Balaban J connectivity index is 2.44. The van der Waals surface area contributed by atoms with Crippen LogP contribution in [-0.2, 0) is 7.05 Å². The lowest BCUT2D eigenvalue weighted by molar-refractivity contribution is 0.664. The van der Waals surface area contributed by atoms with Gasteiger partial charge in [0.1, 0.15) is 0 Å². The summed E-state index contributed by atoms with van der Waals surface area (Å²) in [6.07, 6.45) is 0. The lowest BCUT2D eigenvalue weighted by atomic mass is 10.2. The molecule has 0 fully saturated rings. The van der Waals surface area contributed by atoms with Crippen LogP contribution >= 0.6 is 11.8 Å². The summed E-state index contributed by atoms with van der Waals surface area (Å²) in [7, 11) is 1.78. The SMILES string of the molecule is CC(CSc1nnnn1C)C(=N)N. The van der Waals surface area contributed by atoms with Crippen molar-refractivity contribution in [3.8, 4) is 0 Å². The molecule has 72 valence electrons. The van der Waals surface area contributed by atoms with Crippen LogP contribution < -0.4 is 5.73 Å². The maximum absolute atomic E-state index is 7.19. The van der Waals surface area contributed by atoms with E-state index >= 15 is 0 Å². The second-order valence-corrected chi connectivity index (χ2v) is 3.74. The van der Waals surface area contributed by atoms with Gasteiger partial charge in [0.05, 0.1) is 5.84 Å². The molecule has 0 aliphatic heterocycles. The van der Waals surface area contributed by atoms with Gasteiger partial charge in [-0.2, -0.15) is 0 Å². The second-order valence-electron chi connectivity index (χ2n) is 2.75. The van der Waals surface area contributed by atoms with Gasteiger partial charge in [-0.15, -0.1) is 5.10 Å². The van der Waals surface area contributed by atoms with Crippen molar-refractivity contribution in [2.24, 2.45) is 18.7 Å². The number of amidine groups is 1. The van der Waals surface area contributed by atoms with Crippen LogP contribution in [0, 0.1) is 11.3 Å². The number of nitrogens with one attached hydrogen (secondary N) is 1. The van der Waals surface area contributed by atoms with Crippen LogP contribution in [0.2, 0.25) is 0 Å². The van der Waals surface area contributed by atoms with E-state index in [2.05, 4.69) is 15.5 Å². The molecule has 1 aromatic heterocycles. The maximum Gasteiger partial charge on any atom is 0.209 e. The van der Waals surface area contributed by atoms with Gasteiger partial charge >= 0.3 is 0 Å². The summed E-state index contributed by atoms with van der Waals surface area (Å²) in [6, 6.07) is 0. The minimum atomic E-state index is 0.0571. The highest BCUT2D eigenvalue weighted by Gasteiger charge is 2.08. The maximum atomic E-state index is 7.19. The minimum Gasteiger partial charge on any atom is -0.387 e. The predicted octanol–water partition coefficient (Wildman–Crippen LogP) is -0.126. The lowest BCUT2D eigenvalue weighted by Crippen LogP contribution is -2.21. The van der Waals surface area contributed by atoms with Gasteiger partial charge in [-0.25, -0.2) is 4.68 Å². The van der Waals surface area contributed by atoms with Crippen molar-refractivity contribution in [2.45, 2.75) is 12.1 Å². The highest BCUT2D eigenvalue weighted by molar-refractivity contribution is 7.99. The Morgan fingerprint density at radius 2 is 2.46 bits per heavy atom. The Morgan fingerprint density at radius 1 is 1.77 bits per heavy atom. The van der Waals surface area contributed by atoms with Crippen molar-refractivity contribution in [3.05, 3.63) is 0 Å². The number of hydrogen-bond acceptors (Lipinski definition) is 5. The van der Waals surface area contributed by atoms with E-state index in [0.29, 0.717) is 0 Å². The topological polar surface area (TPSA) is 93.5 Å². The molecule has 0 aromatic carbocycles. The van der Waals surface area contributed by atoms with Gasteiger partial charge in [0.2, 0.25) is 5.16 Å². The van der Waals surface area contributed by atoms with Crippen molar-refractivity contribution in [2.75, 3.05) is 5.75 Å². The van der Waals surface area contributed by atoms with Crippen LogP contribution in [0.1, 0.15) is 6.92 Å². The van der Waals surface area contributed by atoms with Crippen molar-refractivity contribution in [1.82, 2.24) is 20.2 Å². The standard InChI is InChI=1S/C6H12N6S/c1-4(5(7)8)3-13-6-9-10-11-12(6)2/h4H,3H2,1-2H3,(H3,7,8). The summed E-state index contributed by atoms with van der Waals surface area (Å²) < 4.78 is 1.59. The zero-order chi connectivity index (χ0) is 9.84. The van der Waals surface area contributed by atoms with E-state index in [1.165, 1.54) is 11.8 Å². The summed E-state index contributed by atoms with van der Waals surface area (Å²) in [5.74, 6) is 0.980. The number of rotatable bonds is 4. The first-order valence-electron chi connectivity index (χ1n) is 3.80. The zero-order valence-corrected chi connectivity index (χ0v) is 8.38. The predicted molar refractivity (Wildman–Crippen MR) is 50.6 cm³/mol. The van der Waals surface area contributed by atoms with Crippen molar-refractivity contribution in [1.29, 1.82) is 5.41 Å². The molecule has 1 atom stereocenters. The monoisotopic (exact) mass is 200 g/mol. The molecule has 1 unspecified atom stereocenters. The summed E-state index contributed by atoms with van der Waals surface area (Å²) in [5.41, 5.74) is 5.32. The summed E-state index contributed by atoms with van der Waals surface area (Å²) >= 11 is 1.50. The molecular formula is C6H12N6S. The van der Waals surface area contributed by atoms with E-state index in [0.717, 1.165) is 10.9 Å². The molecule has 0 bridgehead atoms. The van der Waals surface area contributed by atoms with E-state index < -0.39 is 0 Å². The smallest absolute Gasteiger partial charge is 0.209 e. The number of aryl methyl sites for hydroxylation is 1. The van der Waals surface area contributed by atoms with Gasteiger partial charge in [0.15, 0.2) is 0 Å². The van der Waals surface area contributed by atoms with Crippen LogP contribution in [0.3, 0.4) is 0 Å². The zero-order valence-electron chi connectivity index (χ0n) is 7.56. The number of nitrogens with two attached hydrogens (primary N) is 1. The summed E-state index contributed by atoms with van der Waals surface area (Å²) in [6.45, 7) is 1.90. The second kappa shape index (κ2) is 4.22. The van der Waals surface area contributed by atoms with E-state index in [9.17, 15) is 0 Å². The van der Waals surface area contributed by atoms with Crippen molar-refractivity contribution < 1.29 is 0 Å². The molecule has 1 aromatic rings. The minimum absolute atomic E-state index is 0.0571. The Labute approximate surface area is 80.4 Å². The molecule has 0 aliphatic carbocycles. The first kappa shape index (κ1) is 9.97. The van der Waals surface area contributed by atoms with Gasteiger partial charge in [-0.3, -0.25) is 5.41 Å². The average Bonchev–Trinajstić information content (AvgIpc) is 2.47. The van der Waals surface area contributed by atoms with E-state index in [1.54, 1.807) is 11.7 Å². The third-order valence-electron chi connectivity index (χ3n) is 1.57. The molecule has 3 N–H and O–H groups in total. The molecule has 0 spiro atoms. The van der Waals surface area contributed by atoms with Gasteiger partial charge in [0, 0.05) is 18.7 Å². The van der Waals surface area contributed by atoms with Crippen LogP contribution in [0.5, 0.6) is 0 Å². The van der Waals surface area contributed by atoms with Gasteiger partial charge in [-0.1, -0.05) is 18.7 Å². The van der Waals surface area contributed by atoms with Crippen LogP contribution in [0.15, 0.2) is 5.16 Å². The molecule has 0 amide bonds. The number of nitrogens with zero attached hydrogens (tertiary/aromatic N) is 4. The van der Waals surface area contributed by atoms with E-state index in [1.807, 2.05) is 6.92 Å². The lowest BCUT2D eigenvalue weighted by Gasteiger charge is -2.06. The molecule has 1 heterocycles. The van der Waals surface area contributed by atoms with Gasteiger partial charge in [0.25, 0.3) is 0 Å². The molecular weight excluding hydrogens is 188 g/mol. The van der Waals surface area contributed by atoms with Gasteiger partial charge < -0.3 is 5.73 Å². The fraction of sp³-hybridized carbons (Fsp3) is 0.667. The highest BCUT2D eigenvalue weighted by atomic mass is 32.2. The number of thioether (sulfide) groups is 1. The molecule has 0 radical (unpaired) electrons. The van der Waals surface area contributed by atoms with Crippen LogP contribution in [0.25, 0.3) is 0 Å². The van der Waals surface area contributed by atoms with Crippen LogP contribution in [0.4, 0.5) is 0 Å². The van der Waals surface area contributed by atoms with E-state index in [4.69, 9.17) is 11.1 Å². The Morgan fingerprint density at radius 3 is 2.92 bits per heavy atom. The Hall–Kier alpha value is -1.11. The fourth-order valence-electron chi connectivity index (χ4n) is 0.633. The number of hydrogen-bond donors (Lipinski definition) is 2. The summed E-state index contributed by atoms with van der Waals surface area (Å²) in [5, 5.41) is 18.9. The third-order valence-corrected chi connectivity index (χ3v) is 2.85. The van der Waals surface area contributed by atoms with Crippen LogP contribution in [-0.4, -0.2) is 31.8 Å². The first-order chi connectivity index (χ1) is 6.11. The first-order valence-corrected chi connectivity index (χ1v) is 4.79. The summed E-state index contributed by atoms with van der Waals surface area (Å²) in [4.78, 5) is 0. The van der Waals surface area contributed by atoms with Gasteiger partial charge in [-0.05, 0) is 10.4 Å². The third kappa shape index (κ3) is 2.69. The van der Waals surface area contributed by atoms with E-state index in [-0.39, 0.29) is 11.8 Å². The fourth-order valence-corrected chi connectivity index (χ4v) is 1.53. The quantitative estimate of drug-likeness (QED) is 0.401. The van der Waals surface area contributed by atoms with Crippen molar-refractivity contribution >= 4 is 17.6 Å². The van der Waals surface area contributed by atoms with Crippen molar-refractivity contribution in [3.63, 3.8) is 0 Å². The Bertz CT molecular complexity index is 295. The molecule has 0 aliphatic rings.